The normalized spacial score (nSPS) is 23.7. The largest absolute Gasteiger partial charge is 0.497 e. The number of hydrogen-bond donors (Lipinski definition) is 1. The van der Waals surface area contributed by atoms with Gasteiger partial charge in [0.05, 0.1) is 18.6 Å². The van der Waals surface area contributed by atoms with Crippen LogP contribution in [0.5, 0.6) is 5.75 Å². The van der Waals surface area contributed by atoms with Gasteiger partial charge >= 0.3 is 0 Å². The highest BCUT2D eigenvalue weighted by Crippen LogP contribution is 2.44. The Balaban J connectivity index is 1.68. The van der Waals surface area contributed by atoms with Crippen molar-refractivity contribution in [2.75, 3.05) is 12.4 Å². The van der Waals surface area contributed by atoms with E-state index in [-0.39, 0.29) is 5.41 Å². The Bertz CT molecular complexity index is 654. The van der Waals surface area contributed by atoms with Crippen LogP contribution in [0.4, 0.5) is 5.69 Å². The van der Waals surface area contributed by atoms with Gasteiger partial charge in [-0.15, -0.1) is 0 Å². The van der Waals surface area contributed by atoms with Gasteiger partial charge in [-0.2, -0.15) is 5.26 Å². The number of nitrogens with zero attached hydrogens (tertiary/aromatic N) is 1. The molecule has 1 saturated carbocycles. The van der Waals surface area contributed by atoms with Crippen LogP contribution in [0.15, 0.2) is 54.6 Å². The SMILES string of the molecule is COc1cccc(NC2CC(C#N)(c3ccccc3)C2)c1. The second-order valence-corrected chi connectivity index (χ2v) is 5.54. The quantitative estimate of drug-likeness (QED) is 0.926. The van der Waals surface area contributed by atoms with Gasteiger partial charge < -0.3 is 10.1 Å². The fraction of sp³-hybridized carbons (Fsp3) is 0.278. The molecule has 0 amide bonds. The van der Waals surface area contributed by atoms with Crippen molar-refractivity contribution >= 4 is 5.69 Å². The third kappa shape index (κ3) is 2.57. The fourth-order valence-electron chi connectivity index (χ4n) is 2.98. The van der Waals surface area contributed by atoms with E-state index < -0.39 is 0 Å². The number of anilines is 1. The smallest absolute Gasteiger partial charge is 0.120 e. The van der Waals surface area contributed by atoms with Crippen molar-refractivity contribution < 1.29 is 4.74 Å². The number of nitrogens with one attached hydrogen (secondary N) is 1. The van der Waals surface area contributed by atoms with Crippen LogP contribution in [-0.4, -0.2) is 13.2 Å². The molecule has 0 atom stereocenters. The molecule has 0 spiro atoms. The minimum atomic E-state index is -0.336. The van der Waals surface area contributed by atoms with Crippen LogP contribution >= 0.6 is 0 Å². The molecule has 1 N–H and O–H groups in total. The summed E-state index contributed by atoms with van der Waals surface area (Å²) in [6.45, 7) is 0. The van der Waals surface area contributed by atoms with Crippen LogP contribution in [-0.2, 0) is 5.41 Å². The first-order valence-electron chi connectivity index (χ1n) is 7.13. The summed E-state index contributed by atoms with van der Waals surface area (Å²) < 4.78 is 5.23. The highest BCUT2D eigenvalue weighted by atomic mass is 16.5. The average molecular weight is 278 g/mol. The Labute approximate surface area is 125 Å². The summed E-state index contributed by atoms with van der Waals surface area (Å²) in [5, 5.41) is 13.0. The van der Waals surface area contributed by atoms with Gasteiger partial charge in [0.2, 0.25) is 0 Å². The summed E-state index contributed by atoms with van der Waals surface area (Å²) in [5.41, 5.74) is 1.83. The van der Waals surface area contributed by atoms with Gasteiger partial charge in [-0.3, -0.25) is 0 Å². The minimum Gasteiger partial charge on any atom is -0.497 e. The van der Waals surface area contributed by atoms with Crippen LogP contribution in [0.3, 0.4) is 0 Å². The summed E-state index contributed by atoms with van der Waals surface area (Å²) in [7, 11) is 1.67. The molecule has 3 heteroatoms. The second-order valence-electron chi connectivity index (χ2n) is 5.54. The molecule has 1 fully saturated rings. The van der Waals surface area contributed by atoms with Gasteiger partial charge in [0.25, 0.3) is 0 Å². The molecule has 106 valence electrons. The molecule has 1 aliphatic carbocycles. The first kappa shape index (κ1) is 13.5. The molecule has 0 heterocycles. The van der Waals surface area contributed by atoms with Gasteiger partial charge in [0.1, 0.15) is 5.75 Å². The molecule has 0 unspecified atom stereocenters. The van der Waals surface area contributed by atoms with Crippen LogP contribution < -0.4 is 10.1 Å². The molecule has 0 aromatic heterocycles. The molecule has 21 heavy (non-hydrogen) atoms. The van der Waals surface area contributed by atoms with Gasteiger partial charge in [-0.1, -0.05) is 36.4 Å². The van der Waals surface area contributed by atoms with E-state index in [0.29, 0.717) is 6.04 Å². The highest BCUT2D eigenvalue weighted by molar-refractivity contribution is 5.51. The van der Waals surface area contributed by atoms with E-state index in [1.165, 1.54) is 0 Å². The summed E-state index contributed by atoms with van der Waals surface area (Å²) in [4.78, 5) is 0. The maximum atomic E-state index is 9.56. The molecule has 3 rings (SSSR count). The third-order valence-corrected chi connectivity index (χ3v) is 4.17. The van der Waals surface area contributed by atoms with E-state index in [1.807, 2.05) is 54.6 Å². The van der Waals surface area contributed by atoms with Crippen LogP contribution in [0.1, 0.15) is 18.4 Å². The monoisotopic (exact) mass is 278 g/mol. The Kier molecular flexibility index (Phi) is 3.53. The summed E-state index contributed by atoms with van der Waals surface area (Å²) in [5.74, 6) is 0.842. The van der Waals surface area contributed by atoms with Crippen molar-refractivity contribution in [3.63, 3.8) is 0 Å². The lowest BCUT2D eigenvalue weighted by Crippen LogP contribution is -2.47. The van der Waals surface area contributed by atoms with Crippen molar-refractivity contribution in [3.05, 3.63) is 60.2 Å². The van der Waals surface area contributed by atoms with E-state index >= 15 is 0 Å². The van der Waals surface area contributed by atoms with Crippen molar-refractivity contribution in [1.29, 1.82) is 5.26 Å². The standard InChI is InChI=1S/C18H18N2O/c1-21-17-9-5-8-15(10-17)20-16-11-18(12-16,13-19)14-6-3-2-4-7-14/h2-10,16,20H,11-12H2,1H3. The number of hydrogen-bond acceptors (Lipinski definition) is 3. The van der Waals surface area contributed by atoms with E-state index in [4.69, 9.17) is 4.74 Å². The molecule has 3 nitrogen and oxygen atoms in total. The van der Waals surface area contributed by atoms with Gasteiger partial charge in [-0.25, -0.2) is 0 Å². The van der Waals surface area contributed by atoms with Crippen LogP contribution in [0, 0.1) is 11.3 Å². The summed E-state index contributed by atoms with van der Waals surface area (Å²) in [6, 6.07) is 20.8. The first-order valence-corrected chi connectivity index (χ1v) is 7.13. The maximum absolute atomic E-state index is 9.56. The summed E-state index contributed by atoms with van der Waals surface area (Å²) >= 11 is 0. The number of rotatable bonds is 4. The Morgan fingerprint density at radius 2 is 1.90 bits per heavy atom. The topological polar surface area (TPSA) is 45.0 Å². The molecule has 2 aromatic carbocycles. The summed E-state index contributed by atoms with van der Waals surface area (Å²) in [6.07, 6.45) is 1.68. The van der Waals surface area contributed by atoms with Gasteiger partial charge in [0, 0.05) is 17.8 Å². The Hall–Kier alpha value is -2.47. The zero-order valence-corrected chi connectivity index (χ0v) is 12.0. The highest BCUT2D eigenvalue weighted by Gasteiger charge is 2.46. The predicted octanol–water partition coefficient (Wildman–Crippen LogP) is 3.73. The Morgan fingerprint density at radius 1 is 1.14 bits per heavy atom. The second kappa shape index (κ2) is 5.49. The molecule has 0 bridgehead atoms. The Morgan fingerprint density at radius 3 is 2.57 bits per heavy atom. The number of benzene rings is 2. The lowest BCUT2D eigenvalue weighted by atomic mass is 9.62. The first-order chi connectivity index (χ1) is 10.3. The predicted molar refractivity (Wildman–Crippen MR) is 83.4 cm³/mol. The average Bonchev–Trinajstić information content (AvgIpc) is 2.51. The van der Waals surface area contributed by atoms with E-state index in [0.717, 1.165) is 29.8 Å². The minimum absolute atomic E-state index is 0.331. The third-order valence-electron chi connectivity index (χ3n) is 4.17. The maximum Gasteiger partial charge on any atom is 0.120 e. The molecule has 2 aromatic rings. The molecule has 0 saturated heterocycles. The number of methoxy groups -OCH3 is 1. The van der Waals surface area contributed by atoms with Crippen LogP contribution in [0.2, 0.25) is 0 Å². The molecular weight excluding hydrogens is 260 g/mol. The van der Waals surface area contributed by atoms with Crippen molar-refractivity contribution in [3.8, 4) is 11.8 Å². The van der Waals surface area contributed by atoms with Crippen molar-refractivity contribution in [2.45, 2.75) is 24.3 Å². The molecular formula is C18H18N2O. The van der Waals surface area contributed by atoms with Crippen molar-refractivity contribution in [1.82, 2.24) is 0 Å². The molecule has 0 radical (unpaired) electrons. The van der Waals surface area contributed by atoms with Gasteiger partial charge in [-0.05, 0) is 30.5 Å². The van der Waals surface area contributed by atoms with Crippen LogP contribution in [0.25, 0.3) is 0 Å². The fourth-order valence-corrected chi connectivity index (χ4v) is 2.98. The van der Waals surface area contributed by atoms with E-state index in [9.17, 15) is 5.26 Å². The number of ether oxygens (including phenoxy) is 1. The zero-order chi connectivity index (χ0) is 14.7. The van der Waals surface area contributed by atoms with Gasteiger partial charge in [0.15, 0.2) is 0 Å². The lowest BCUT2D eigenvalue weighted by Gasteiger charge is -2.43. The lowest BCUT2D eigenvalue weighted by molar-refractivity contribution is 0.289. The molecule has 1 aliphatic rings. The number of nitriles is 1. The van der Waals surface area contributed by atoms with Crippen molar-refractivity contribution in [2.24, 2.45) is 0 Å². The zero-order valence-electron chi connectivity index (χ0n) is 12.0. The molecule has 0 aliphatic heterocycles. The van der Waals surface area contributed by atoms with E-state index in [1.54, 1.807) is 7.11 Å². The van der Waals surface area contributed by atoms with E-state index in [2.05, 4.69) is 11.4 Å².